The minimum atomic E-state index is -3.06. The lowest BCUT2D eigenvalue weighted by Crippen LogP contribution is -2.14. The number of nitrogens with one attached hydrogen (secondary N) is 2. The van der Waals surface area contributed by atoms with Gasteiger partial charge in [-0.3, -0.25) is 0 Å². The van der Waals surface area contributed by atoms with E-state index in [0.717, 1.165) is 22.6 Å². The van der Waals surface area contributed by atoms with Crippen LogP contribution in [0.4, 0.5) is 5.69 Å². The number of rotatable bonds is 6. The van der Waals surface area contributed by atoms with E-state index in [1.807, 2.05) is 54.6 Å². The number of nitrogens with zero attached hydrogens (tertiary/aromatic N) is 1. The molecule has 24 heavy (non-hydrogen) atoms. The minimum Gasteiger partial charge on any atom is -0.372 e. The minimum absolute atomic E-state index is 0.0271. The number of anilines is 1. The third-order valence-corrected chi connectivity index (χ3v) is 4.45. The maximum absolute atomic E-state index is 11.5. The van der Waals surface area contributed by atoms with Crippen molar-refractivity contribution in [2.75, 3.05) is 11.6 Å². The topological polar surface area (TPSA) is 74.8 Å². The molecule has 2 aromatic carbocycles. The molecule has 6 heteroatoms. The first kappa shape index (κ1) is 16.3. The first-order chi connectivity index (χ1) is 11.5. The number of aromatic amines is 1. The van der Waals surface area contributed by atoms with Gasteiger partial charge in [-0.1, -0.05) is 42.5 Å². The zero-order valence-corrected chi connectivity index (χ0v) is 14.1. The molecule has 3 rings (SSSR count). The highest BCUT2D eigenvalue weighted by Crippen LogP contribution is 2.25. The van der Waals surface area contributed by atoms with E-state index in [9.17, 15) is 8.42 Å². The maximum atomic E-state index is 11.5. The van der Waals surface area contributed by atoms with Gasteiger partial charge in [-0.05, 0) is 23.3 Å². The zero-order valence-electron chi connectivity index (χ0n) is 13.3. The first-order valence-corrected chi connectivity index (χ1v) is 9.65. The molecule has 1 aromatic heterocycles. The van der Waals surface area contributed by atoms with Crippen LogP contribution in [0.2, 0.25) is 0 Å². The van der Waals surface area contributed by atoms with Crippen LogP contribution in [-0.2, 0) is 15.6 Å². The lowest BCUT2D eigenvalue weighted by molar-refractivity contribution is 0.601. The van der Waals surface area contributed by atoms with Crippen molar-refractivity contribution in [2.45, 2.75) is 11.8 Å². The molecule has 1 unspecified atom stereocenters. The van der Waals surface area contributed by atoms with Gasteiger partial charge in [0.05, 0.1) is 5.75 Å². The van der Waals surface area contributed by atoms with Gasteiger partial charge in [0.2, 0.25) is 0 Å². The van der Waals surface area contributed by atoms with E-state index < -0.39 is 9.84 Å². The second kappa shape index (κ2) is 6.88. The molecule has 0 saturated heterocycles. The van der Waals surface area contributed by atoms with Gasteiger partial charge in [-0.25, -0.2) is 13.4 Å². The Bertz CT molecular complexity index is 891. The molecule has 0 fully saturated rings. The molecular formula is C18H19N3O2S. The highest BCUT2D eigenvalue weighted by Gasteiger charge is 2.16. The summed E-state index contributed by atoms with van der Waals surface area (Å²) in [6, 6.07) is 17.3. The van der Waals surface area contributed by atoms with E-state index in [4.69, 9.17) is 0 Å². The van der Waals surface area contributed by atoms with Gasteiger partial charge in [-0.2, -0.15) is 0 Å². The molecule has 0 radical (unpaired) electrons. The van der Waals surface area contributed by atoms with Gasteiger partial charge in [-0.15, -0.1) is 0 Å². The molecule has 5 nitrogen and oxygen atoms in total. The normalized spacial score (nSPS) is 12.7. The SMILES string of the molecule is CS(=O)(=O)Cc1cccc(NC(c2ccccc2)c2ncc[nH]2)c1. The average Bonchev–Trinajstić information content (AvgIpc) is 3.06. The van der Waals surface area contributed by atoms with Crippen molar-refractivity contribution in [1.29, 1.82) is 0 Å². The summed E-state index contributed by atoms with van der Waals surface area (Å²) in [5.74, 6) is 0.828. The molecule has 0 spiro atoms. The van der Waals surface area contributed by atoms with Crippen molar-refractivity contribution in [3.8, 4) is 0 Å². The molecule has 0 aliphatic rings. The second-order valence-electron chi connectivity index (χ2n) is 5.73. The summed E-state index contributed by atoms with van der Waals surface area (Å²) in [5.41, 5.74) is 2.68. The zero-order chi connectivity index (χ0) is 17.0. The van der Waals surface area contributed by atoms with Crippen LogP contribution in [0.15, 0.2) is 67.0 Å². The molecule has 0 bridgehead atoms. The number of hydrogen-bond donors (Lipinski definition) is 2. The Balaban J connectivity index is 1.90. The summed E-state index contributed by atoms with van der Waals surface area (Å²) >= 11 is 0. The van der Waals surface area contributed by atoms with Crippen LogP contribution >= 0.6 is 0 Å². The van der Waals surface area contributed by atoms with E-state index in [-0.39, 0.29) is 11.8 Å². The van der Waals surface area contributed by atoms with Crippen LogP contribution in [0.3, 0.4) is 0 Å². The van der Waals surface area contributed by atoms with Gasteiger partial charge in [0.15, 0.2) is 9.84 Å². The molecule has 1 atom stereocenters. The van der Waals surface area contributed by atoms with Crippen LogP contribution in [-0.4, -0.2) is 24.6 Å². The van der Waals surface area contributed by atoms with Gasteiger partial charge in [0, 0.05) is 24.3 Å². The summed E-state index contributed by atoms with van der Waals surface area (Å²) in [6.45, 7) is 0. The third-order valence-electron chi connectivity index (χ3n) is 3.59. The van der Waals surface area contributed by atoms with Crippen molar-refractivity contribution in [2.24, 2.45) is 0 Å². The highest BCUT2D eigenvalue weighted by molar-refractivity contribution is 7.89. The van der Waals surface area contributed by atoms with Crippen molar-refractivity contribution < 1.29 is 8.42 Å². The van der Waals surface area contributed by atoms with Crippen LogP contribution in [0.5, 0.6) is 0 Å². The summed E-state index contributed by atoms with van der Waals surface area (Å²) < 4.78 is 23.0. The fraction of sp³-hybridized carbons (Fsp3) is 0.167. The predicted octanol–water partition coefficient (Wildman–Crippen LogP) is 3.16. The first-order valence-electron chi connectivity index (χ1n) is 7.59. The fourth-order valence-corrected chi connectivity index (χ4v) is 3.40. The second-order valence-corrected chi connectivity index (χ2v) is 7.87. The Hall–Kier alpha value is -2.60. The average molecular weight is 341 g/mol. The van der Waals surface area contributed by atoms with E-state index in [1.165, 1.54) is 6.26 Å². The standard InChI is InChI=1S/C18H19N3O2S/c1-24(22,23)13-14-6-5-9-16(12-14)21-17(18-19-10-11-20-18)15-7-3-2-4-8-15/h2-12,17,21H,13H2,1H3,(H,19,20). The summed E-state index contributed by atoms with van der Waals surface area (Å²) in [5, 5.41) is 3.44. The Kier molecular flexibility index (Phi) is 4.66. The largest absolute Gasteiger partial charge is 0.372 e. The summed E-state index contributed by atoms with van der Waals surface area (Å²) in [4.78, 5) is 7.50. The number of aromatic nitrogens is 2. The van der Waals surface area contributed by atoms with E-state index >= 15 is 0 Å². The number of hydrogen-bond acceptors (Lipinski definition) is 4. The molecule has 2 N–H and O–H groups in total. The number of H-pyrrole nitrogens is 1. The van der Waals surface area contributed by atoms with Gasteiger partial charge < -0.3 is 10.3 Å². The molecule has 0 amide bonds. The molecule has 124 valence electrons. The van der Waals surface area contributed by atoms with Gasteiger partial charge in [0.25, 0.3) is 0 Å². The molecule has 0 saturated carbocycles. The quantitative estimate of drug-likeness (QED) is 0.722. The van der Waals surface area contributed by atoms with Crippen LogP contribution in [0.1, 0.15) is 23.0 Å². The highest BCUT2D eigenvalue weighted by atomic mass is 32.2. The van der Waals surface area contributed by atoms with E-state index in [0.29, 0.717) is 0 Å². The van der Waals surface area contributed by atoms with Crippen molar-refractivity contribution in [1.82, 2.24) is 9.97 Å². The van der Waals surface area contributed by atoms with Crippen LogP contribution in [0.25, 0.3) is 0 Å². The van der Waals surface area contributed by atoms with Gasteiger partial charge >= 0.3 is 0 Å². The summed E-state index contributed by atoms with van der Waals surface area (Å²) in [7, 11) is -3.06. The summed E-state index contributed by atoms with van der Waals surface area (Å²) in [6.07, 6.45) is 4.74. The lowest BCUT2D eigenvalue weighted by atomic mass is 10.1. The Labute approximate surface area is 141 Å². The monoisotopic (exact) mass is 341 g/mol. The van der Waals surface area contributed by atoms with Crippen molar-refractivity contribution >= 4 is 15.5 Å². The molecular weight excluding hydrogens is 322 g/mol. The molecule has 0 aliphatic carbocycles. The Morgan fingerprint density at radius 3 is 2.58 bits per heavy atom. The van der Waals surface area contributed by atoms with E-state index in [2.05, 4.69) is 15.3 Å². The molecule has 1 heterocycles. The van der Waals surface area contributed by atoms with Crippen LogP contribution in [0, 0.1) is 0 Å². The maximum Gasteiger partial charge on any atom is 0.151 e. The number of benzene rings is 2. The van der Waals surface area contributed by atoms with E-state index in [1.54, 1.807) is 12.4 Å². The fourth-order valence-electron chi connectivity index (χ4n) is 2.61. The van der Waals surface area contributed by atoms with Crippen molar-refractivity contribution in [3.63, 3.8) is 0 Å². The molecule has 3 aromatic rings. The van der Waals surface area contributed by atoms with Gasteiger partial charge in [0.1, 0.15) is 11.9 Å². The number of sulfone groups is 1. The Morgan fingerprint density at radius 2 is 1.92 bits per heavy atom. The van der Waals surface area contributed by atoms with Crippen molar-refractivity contribution in [3.05, 3.63) is 83.9 Å². The lowest BCUT2D eigenvalue weighted by Gasteiger charge is -2.19. The molecule has 0 aliphatic heterocycles. The number of imidazole rings is 1. The third kappa shape index (κ3) is 4.23. The smallest absolute Gasteiger partial charge is 0.151 e. The predicted molar refractivity (Wildman–Crippen MR) is 95.5 cm³/mol. The van der Waals surface area contributed by atoms with Crippen LogP contribution < -0.4 is 5.32 Å². The Morgan fingerprint density at radius 1 is 1.12 bits per heavy atom.